The van der Waals surface area contributed by atoms with Crippen molar-refractivity contribution in [2.75, 3.05) is 13.2 Å². The van der Waals surface area contributed by atoms with Gasteiger partial charge in [-0.3, -0.25) is 10.1 Å². The Balaban J connectivity index is 1.96. The van der Waals surface area contributed by atoms with Crippen LogP contribution in [0.4, 0.5) is 5.69 Å². The van der Waals surface area contributed by atoms with Crippen molar-refractivity contribution in [1.29, 1.82) is 0 Å². The van der Waals surface area contributed by atoms with Crippen LogP contribution in [-0.4, -0.2) is 29.2 Å². The number of carboxylic acids is 1. The highest BCUT2D eigenvalue weighted by Gasteiger charge is 2.18. The molecule has 2 rings (SSSR count). The molecule has 138 valence electrons. The fourth-order valence-corrected chi connectivity index (χ4v) is 2.28. The molecule has 0 saturated heterocycles. The zero-order valence-electron chi connectivity index (χ0n) is 14.9. The molecule has 0 saturated carbocycles. The summed E-state index contributed by atoms with van der Waals surface area (Å²) in [6, 6.07) is 11.1. The summed E-state index contributed by atoms with van der Waals surface area (Å²) in [7, 11) is 0. The second-order valence-electron chi connectivity index (χ2n) is 6.72. The maximum atomic E-state index is 11.0. The van der Waals surface area contributed by atoms with Crippen molar-refractivity contribution < 1.29 is 24.3 Å². The number of nitro groups is 1. The monoisotopic (exact) mass is 359 g/mol. The number of nitro benzene ring substituents is 1. The highest BCUT2D eigenvalue weighted by molar-refractivity contribution is 5.88. The van der Waals surface area contributed by atoms with Crippen LogP contribution in [-0.2, 0) is 5.41 Å². The van der Waals surface area contributed by atoms with E-state index < -0.39 is 10.9 Å². The van der Waals surface area contributed by atoms with Crippen LogP contribution in [0.5, 0.6) is 11.5 Å². The fraction of sp³-hybridized carbons (Fsp3) is 0.316. The van der Waals surface area contributed by atoms with Gasteiger partial charge in [0.2, 0.25) is 0 Å². The highest BCUT2D eigenvalue weighted by atomic mass is 16.6. The average molecular weight is 359 g/mol. The summed E-state index contributed by atoms with van der Waals surface area (Å²) in [5, 5.41) is 20.0. The van der Waals surface area contributed by atoms with Gasteiger partial charge >= 0.3 is 11.7 Å². The van der Waals surface area contributed by atoms with E-state index in [2.05, 4.69) is 20.8 Å². The minimum Gasteiger partial charge on any atom is -0.490 e. The molecule has 0 unspecified atom stereocenters. The van der Waals surface area contributed by atoms with Crippen molar-refractivity contribution in [3.63, 3.8) is 0 Å². The predicted octanol–water partition coefficient (Wildman–Crippen LogP) is 4.05. The summed E-state index contributed by atoms with van der Waals surface area (Å²) in [6.45, 7) is 6.58. The van der Waals surface area contributed by atoms with Crippen LogP contribution in [0.25, 0.3) is 0 Å². The lowest BCUT2D eigenvalue weighted by molar-refractivity contribution is -0.385. The smallest absolute Gasteiger partial charge is 0.335 e. The quantitative estimate of drug-likeness (QED) is 0.455. The molecule has 0 radical (unpaired) electrons. The summed E-state index contributed by atoms with van der Waals surface area (Å²) in [5.74, 6) is -0.614. The van der Waals surface area contributed by atoms with Crippen molar-refractivity contribution >= 4 is 11.7 Å². The number of hydrogen-bond donors (Lipinski definition) is 1. The maximum Gasteiger partial charge on any atom is 0.335 e. The lowest BCUT2D eigenvalue weighted by Gasteiger charge is -2.19. The van der Waals surface area contributed by atoms with Gasteiger partial charge in [0.25, 0.3) is 0 Å². The van der Waals surface area contributed by atoms with Crippen LogP contribution in [0.2, 0.25) is 0 Å². The van der Waals surface area contributed by atoms with Crippen LogP contribution in [0.1, 0.15) is 36.7 Å². The predicted molar refractivity (Wildman–Crippen MR) is 96.2 cm³/mol. The maximum absolute atomic E-state index is 11.0. The summed E-state index contributed by atoms with van der Waals surface area (Å²) in [5.41, 5.74) is 0.867. The third-order valence-electron chi connectivity index (χ3n) is 3.73. The van der Waals surface area contributed by atoms with Gasteiger partial charge in [-0.25, -0.2) is 4.79 Å². The minimum absolute atomic E-state index is 0.0466. The Labute approximate surface area is 151 Å². The van der Waals surface area contributed by atoms with Gasteiger partial charge in [-0.15, -0.1) is 0 Å². The molecule has 7 heteroatoms. The van der Waals surface area contributed by atoms with Crippen LogP contribution in [0, 0.1) is 10.1 Å². The topological polar surface area (TPSA) is 98.9 Å². The van der Waals surface area contributed by atoms with E-state index >= 15 is 0 Å². The molecule has 2 aromatic rings. The second-order valence-corrected chi connectivity index (χ2v) is 6.72. The molecule has 0 spiro atoms. The van der Waals surface area contributed by atoms with Gasteiger partial charge in [0.1, 0.15) is 19.0 Å². The third kappa shape index (κ3) is 4.95. The van der Waals surface area contributed by atoms with E-state index in [-0.39, 0.29) is 35.6 Å². The molecule has 0 atom stereocenters. The fourth-order valence-electron chi connectivity index (χ4n) is 2.28. The number of hydrogen-bond acceptors (Lipinski definition) is 5. The Morgan fingerprint density at radius 3 is 2.23 bits per heavy atom. The standard InChI is InChI=1S/C19H21NO6/c1-19(2,3)14-5-7-15(8-6-14)25-10-11-26-17-12-13(18(21)22)4-9-16(17)20(23)24/h4-9,12H,10-11H2,1-3H3,(H,21,22). The molecule has 0 aliphatic rings. The second kappa shape index (κ2) is 7.86. The first-order valence-electron chi connectivity index (χ1n) is 8.06. The SMILES string of the molecule is CC(C)(C)c1ccc(OCCOc2cc(C(=O)O)ccc2[N+](=O)[O-])cc1. The largest absolute Gasteiger partial charge is 0.490 e. The first-order valence-corrected chi connectivity index (χ1v) is 8.06. The molecule has 0 fully saturated rings. The Morgan fingerprint density at radius 1 is 1.08 bits per heavy atom. The molecule has 26 heavy (non-hydrogen) atoms. The number of ether oxygens (including phenoxy) is 2. The molecule has 0 aliphatic carbocycles. The van der Waals surface area contributed by atoms with Gasteiger partial charge in [-0.05, 0) is 29.2 Å². The summed E-state index contributed by atoms with van der Waals surface area (Å²) >= 11 is 0. The first kappa shape index (κ1) is 19.2. The van der Waals surface area contributed by atoms with E-state index in [1.54, 1.807) is 0 Å². The molecule has 0 aliphatic heterocycles. The van der Waals surface area contributed by atoms with Crippen molar-refractivity contribution in [1.82, 2.24) is 0 Å². The molecule has 0 amide bonds. The van der Waals surface area contributed by atoms with Crippen LogP contribution >= 0.6 is 0 Å². The number of rotatable bonds is 7. The van der Waals surface area contributed by atoms with Gasteiger partial charge in [-0.2, -0.15) is 0 Å². The first-order chi connectivity index (χ1) is 12.2. The molecule has 0 heterocycles. The third-order valence-corrected chi connectivity index (χ3v) is 3.73. The highest BCUT2D eigenvalue weighted by Crippen LogP contribution is 2.28. The Bertz CT molecular complexity index is 793. The number of carboxylic acid groups (broad SMARTS) is 1. The Kier molecular flexibility index (Phi) is 5.82. The van der Waals surface area contributed by atoms with Gasteiger partial charge < -0.3 is 14.6 Å². The minimum atomic E-state index is -1.18. The lowest BCUT2D eigenvalue weighted by Crippen LogP contribution is -2.12. The Morgan fingerprint density at radius 2 is 1.69 bits per heavy atom. The van der Waals surface area contributed by atoms with Crippen molar-refractivity contribution in [3.8, 4) is 11.5 Å². The van der Waals surface area contributed by atoms with Crippen molar-refractivity contribution in [3.05, 3.63) is 63.7 Å². The molecule has 0 aromatic heterocycles. The number of benzene rings is 2. The number of nitrogens with zero attached hydrogens (tertiary/aromatic N) is 1. The summed E-state index contributed by atoms with van der Waals surface area (Å²) in [4.78, 5) is 21.4. The van der Waals surface area contributed by atoms with E-state index in [1.165, 1.54) is 11.6 Å². The molecular formula is C19H21NO6. The van der Waals surface area contributed by atoms with Crippen molar-refractivity contribution in [2.24, 2.45) is 0 Å². The molecule has 2 aromatic carbocycles. The van der Waals surface area contributed by atoms with Gasteiger partial charge in [0.15, 0.2) is 5.75 Å². The van der Waals surface area contributed by atoms with E-state index in [0.29, 0.717) is 5.75 Å². The molecule has 0 bridgehead atoms. The number of carbonyl (C=O) groups is 1. The average Bonchev–Trinajstić information content (AvgIpc) is 2.58. The van der Waals surface area contributed by atoms with Crippen LogP contribution < -0.4 is 9.47 Å². The summed E-state index contributed by atoms with van der Waals surface area (Å²) < 4.78 is 10.9. The van der Waals surface area contributed by atoms with Gasteiger partial charge in [0.05, 0.1) is 10.5 Å². The van der Waals surface area contributed by atoms with Gasteiger partial charge in [-0.1, -0.05) is 32.9 Å². The zero-order valence-corrected chi connectivity index (χ0v) is 14.9. The van der Waals surface area contributed by atoms with Crippen LogP contribution in [0.3, 0.4) is 0 Å². The van der Waals surface area contributed by atoms with E-state index in [4.69, 9.17) is 14.6 Å². The molecular weight excluding hydrogens is 338 g/mol. The van der Waals surface area contributed by atoms with E-state index in [0.717, 1.165) is 12.1 Å². The number of aromatic carboxylic acids is 1. The molecule has 7 nitrogen and oxygen atoms in total. The van der Waals surface area contributed by atoms with E-state index in [1.807, 2.05) is 24.3 Å². The molecule has 1 N–H and O–H groups in total. The lowest BCUT2D eigenvalue weighted by atomic mass is 9.87. The normalized spacial score (nSPS) is 11.0. The summed E-state index contributed by atoms with van der Waals surface area (Å²) in [6.07, 6.45) is 0. The van der Waals surface area contributed by atoms with Crippen LogP contribution in [0.15, 0.2) is 42.5 Å². The van der Waals surface area contributed by atoms with E-state index in [9.17, 15) is 14.9 Å². The van der Waals surface area contributed by atoms with Gasteiger partial charge in [0, 0.05) is 12.1 Å². The van der Waals surface area contributed by atoms with Crippen molar-refractivity contribution in [2.45, 2.75) is 26.2 Å². The Hall–Kier alpha value is -3.09. The zero-order chi connectivity index (χ0) is 19.3.